The Morgan fingerprint density at radius 1 is 1.00 bits per heavy atom. The molecule has 0 radical (unpaired) electrons. The van der Waals surface area contributed by atoms with Crippen LogP contribution in [0.5, 0.6) is 0 Å². The van der Waals surface area contributed by atoms with Crippen molar-refractivity contribution in [2.24, 2.45) is 0 Å². The Labute approximate surface area is 157 Å². The predicted octanol–water partition coefficient (Wildman–Crippen LogP) is 4.21. The smallest absolute Gasteiger partial charge is 0.165 e. The lowest BCUT2D eigenvalue weighted by molar-refractivity contribution is 0.627. The molecule has 0 amide bonds. The van der Waals surface area contributed by atoms with E-state index in [1.165, 1.54) is 12.1 Å². The number of hydrogen-bond donors (Lipinski definition) is 1. The van der Waals surface area contributed by atoms with Crippen LogP contribution in [-0.4, -0.2) is 28.7 Å². The number of anilines is 2. The molecule has 0 saturated heterocycles. The number of aromatic nitrogens is 3. The van der Waals surface area contributed by atoms with Crippen LogP contribution in [0, 0.1) is 5.82 Å². The van der Waals surface area contributed by atoms with Crippen LogP contribution in [0.2, 0.25) is 0 Å². The van der Waals surface area contributed by atoms with Crippen LogP contribution in [0.3, 0.4) is 0 Å². The van der Waals surface area contributed by atoms with Gasteiger partial charge in [-0.25, -0.2) is 9.37 Å². The fraction of sp³-hybridized carbons (Fsp3) is 0.143. The normalized spacial score (nSPS) is 10.9. The monoisotopic (exact) mass is 361 g/mol. The molecule has 0 aliphatic rings. The predicted molar refractivity (Wildman–Crippen MR) is 106 cm³/mol. The highest BCUT2D eigenvalue weighted by atomic mass is 19.1. The summed E-state index contributed by atoms with van der Waals surface area (Å²) in [6.45, 7) is 0.576. The van der Waals surface area contributed by atoms with Gasteiger partial charge in [-0.1, -0.05) is 24.3 Å². The zero-order valence-corrected chi connectivity index (χ0v) is 15.2. The number of nitrogens with one attached hydrogen (secondary N) is 1. The second kappa shape index (κ2) is 7.07. The second-order valence-electron chi connectivity index (χ2n) is 6.55. The molecule has 2 aromatic carbocycles. The lowest BCUT2D eigenvalue weighted by Gasteiger charge is -2.12. The summed E-state index contributed by atoms with van der Waals surface area (Å²) in [6.07, 6.45) is 3.60. The molecular weight excluding hydrogens is 341 g/mol. The average Bonchev–Trinajstić information content (AvgIpc) is 3.12. The number of benzene rings is 2. The highest BCUT2D eigenvalue weighted by Gasteiger charge is 2.11. The van der Waals surface area contributed by atoms with Crippen molar-refractivity contribution in [1.82, 2.24) is 14.6 Å². The van der Waals surface area contributed by atoms with Crippen molar-refractivity contribution < 1.29 is 4.39 Å². The molecule has 1 N–H and O–H groups in total. The topological polar surface area (TPSA) is 45.5 Å². The van der Waals surface area contributed by atoms with Crippen LogP contribution < -0.4 is 10.2 Å². The van der Waals surface area contributed by atoms with Gasteiger partial charge in [-0.3, -0.25) is 0 Å². The van der Waals surface area contributed by atoms with E-state index in [1.54, 1.807) is 22.8 Å². The molecule has 136 valence electrons. The first-order valence-corrected chi connectivity index (χ1v) is 8.70. The van der Waals surface area contributed by atoms with E-state index in [-0.39, 0.29) is 5.82 Å². The third kappa shape index (κ3) is 3.46. The molecule has 2 aromatic heterocycles. The van der Waals surface area contributed by atoms with Gasteiger partial charge in [0, 0.05) is 38.1 Å². The Kier molecular flexibility index (Phi) is 4.46. The highest BCUT2D eigenvalue weighted by molar-refractivity contribution is 5.78. The van der Waals surface area contributed by atoms with Crippen molar-refractivity contribution >= 4 is 17.2 Å². The molecule has 0 aliphatic carbocycles. The van der Waals surface area contributed by atoms with E-state index in [9.17, 15) is 4.39 Å². The molecule has 4 aromatic rings. The second-order valence-corrected chi connectivity index (χ2v) is 6.55. The van der Waals surface area contributed by atoms with Crippen LogP contribution >= 0.6 is 0 Å². The first-order valence-electron chi connectivity index (χ1n) is 8.70. The van der Waals surface area contributed by atoms with Gasteiger partial charge in [0.15, 0.2) is 5.65 Å². The third-order valence-electron chi connectivity index (χ3n) is 4.48. The molecule has 0 fully saturated rings. The standard InChI is InChI=1S/C21H20FN5/c1-26(2)18-9-5-16(6-10-18)19-14-25-27-20(11-12-23-21(19)27)24-13-15-3-7-17(22)8-4-15/h3-12,14,24H,13H2,1-2H3. The summed E-state index contributed by atoms with van der Waals surface area (Å²) >= 11 is 0. The van der Waals surface area contributed by atoms with E-state index >= 15 is 0 Å². The van der Waals surface area contributed by atoms with E-state index in [0.29, 0.717) is 6.54 Å². The lowest BCUT2D eigenvalue weighted by atomic mass is 10.1. The molecule has 0 spiro atoms. The summed E-state index contributed by atoms with van der Waals surface area (Å²) in [6, 6.07) is 16.6. The van der Waals surface area contributed by atoms with Crippen molar-refractivity contribution in [2.45, 2.75) is 6.54 Å². The summed E-state index contributed by atoms with van der Waals surface area (Å²) in [5.74, 6) is 0.600. The quantitative estimate of drug-likeness (QED) is 0.578. The molecular formula is C21H20FN5. The highest BCUT2D eigenvalue weighted by Crippen LogP contribution is 2.26. The molecule has 0 atom stereocenters. The molecule has 6 heteroatoms. The van der Waals surface area contributed by atoms with Gasteiger partial charge in [-0.2, -0.15) is 9.61 Å². The lowest BCUT2D eigenvalue weighted by Crippen LogP contribution is -2.07. The molecule has 5 nitrogen and oxygen atoms in total. The summed E-state index contributed by atoms with van der Waals surface area (Å²) in [7, 11) is 4.04. The number of hydrogen-bond acceptors (Lipinski definition) is 4. The Hall–Kier alpha value is -3.41. The van der Waals surface area contributed by atoms with Crippen molar-refractivity contribution in [2.75, 3.05) is 24.3 Å². The van der Waals surface area contributed by atoms with Crippen LogP contribution in [0.4, 0.5) is 15.9 Å². The minimum Gasteiger partial charge on any atom is -0.378 e. The number of fused-ring (bicyclic) bond motifs is 1. The van der Waals surface area contributed by atoms with Gasteiger partial charge in [-0.05, 0) is 41.5 Å². The minimum absolute atomic E-state index is 0.234. The van der Waals surface area contributed by atoms with Crippen LogP contribution in [0.15, 0.2) is 67.0 Å². The molecule has 0 bridgehead atoms. The number of halogens is 1. The van der Waals surface area contributed by atoms with Crippen molar-refractivity contribution in [3.63, 3.8) is 0 Å². The van der Waals surface area contributed by atoms with E-state index in [0.717, 1.165) is 33.8 Å². The van der Waals surface area contributed by atoms with Crippen LogP contribution in [-0.2, 0) is 6.54 Å². The molecule has 2 heterocycles. The molecule has 0 aliphatic heterocycles. The molecule has 0 unspecified atom stereocenters. The fourth-order valence-corrected chi connectivity index (χ4v) is 2.96. The van der Waals surface area contributed by atoms with E-state index in [4.69, 9.17) is 0 Å². The maximum absolute atomic E-state index is 13.0. The van der Waals surface area contributed by atoms with Crippen molar-refractivity contribution in [1.29, 1.82) is 0 Å². The van der Waals surface area contributed by atoms with Crippen molar-refractivity contribution in [3.05, 3.63) is 78.4 Å². The first kappa shape index (κ1) is 17.0. The minimum atomic E-state index is -0.234. The Bertz CT molecular complexity index is 1050. The Balaban J connectivity index is 1.62. The average molecular weight is 361 g/mol. The zero-order chi connectivity index (χ0) is 18.8. The van der Waals surface area contributed by atoms with E-state index in [1.807, 2.05) is 26.4 Å². The van der Waals surface area contributed by atoms with Crippen LogP contribution in [0.25, 0.3) is 16.8 Å². The van der Waals surface area contributed by atoms with Crippen LogP contribution in [0.1, 0.15) is 5.56 Å². The summed E-state index contributed by atoms with van der Waals surface area (Å²) in [5.41, 5.74) is 4.97. The maximum Gasteiger partial charge on any atom is 0.165 e. The summed E-state index contributed by atoms with van der Waals surface area (Å²) in [4.78, 5) is 6.57. The zero-order valence-electron chi connectivity index (χ0n) is 15.2. The molecule has 0 saturated carbocycles. The number of rotatable bonds is 5. The maximum atomic E-state index is 13.0. The van der Waals surface area contributed by atoms with E-state index < -0.39 is 0 Å². The fourth-order valence-electron chi connectivity index (χ4n) is 2.96. The van der Waals surface area contributed by atoms with Crippen molar-refractivity contribution in [3.8, 4) is 11.1 Å². The van der Waals surface area contributed by atoms with Gasteiger partial charge in [-0.15, -0.1) is 0 Å². The SMILES string of the molecule is CN(C)c1ccc(-c2cnn3c(NCc4ccc(F)cc4)ccnc23)cc1. The van der Waals surface area contributed by atoms with Gasteiger partial charge in [0.25, 0.3) is 0 Å². The first-order chi connectivity index (χ1) is 13.1. The van der Waals surface area contributed by atoms with Gasteiger partial charge in [0.05, 0.1) is 6.20 Å². The Morgan fingerprint density at radius 3 is 2.44 bits per heavy atom. The third-order valence-corrected chi connectivity index (χ3v) is 4.48. The van der Waals surface area contributed by atoms with Gasteiger partial charge in [0.1, 0.15) is 11.6 Å². The van der Waals surface area contributed by atoms with Gasteiger partial charge >= 0.3 is 0 Å². The number of nitrogens with zero attached hydrogens (tertiary/aromatic N) is 4. The molecule has 27 heavy (non-hydrogen) atoms. The largest absolute Gasteiger partial charge is 0.378 e. The summed E-state index contributed by atoms with van der Waals surface area (Å²) < 4.78 is 14.8. The van der Waals surface area contributed by atoms with E-state index in [2.05, 4.69) is 44.6 Å². The molecule has 4 rings (SSSR count). The van der Waals surface area contributed by atoms with Gasteiger partial charge < -0.3 is 10.2 Å². The summed E-state index contributed by atoms with van der Waals surface area (Å²) in [5, 5.41) is 7.84. The van der Waals surface area contributed by atoms with Gasteiger partial charge in [0.2, 0.25) is 0 Å². The Morgan fingerprint density at radius 2 is 1.74 bits per heavy atom.